The lowest BCUT2D eigenvalue weighted by atomic mass is 10.2. The van der Waals surface area contributed by atoms with Gasteiger partial charge >= 0.3 is 0 Å². The molecule has 0 radical (unpaired) electrons. The summed E-state index contributed by atoms with van der Waals surface area (Å²) in [6.45, 7) is 0.790. The molecule has 0 bridgehead atoms. The molecule has 0 atom stereocenters. The first-order chi connectivity index (χ1) is 7.88. The van der Waals surface area contributed by atoms with Gasteiger partial charge in [-0.15, -0.1) is 0 Å². The summed E-state index contributed by atoms with van der Waals surface area (Å²) in [5, 5.41) is 3.28. The summed E-state index contributed by atoms with van der Waals surface area (Å²) in [5.41, 5.74) is 4.70. The Morgan fingerprint density at radius 2 is 1.88 bits per heavy atom. The molecule has 0 unspecified atom stereocenters. The number of nitrogens with zero attached hydrogens (tertiary/aromatic N) is 1. The summed E-state index contributed by atoms with van der Waals surface area (Å²) in [6, 6.07) is 14.0. The van der Waals surface area contributed by atoms with E-state index in [4.69, 9.17) is 5.84 Å². The van der Waals surface area contributed by atoms with Crippen LogP contribution < -0.4 is 16.6 Å². The third-order valence-corrected chi connectivity index (χ3v) is 2.25. The molecule has 1 aromatic carbocycles. The van der Waals surface area contributed by atoms with Gasteiger partial charge in [0.15, 0.2) is 0 Å². The summed E-state index contributed by atoms with van der Waals surface area (Å²) < 4.78 is 0. The number of hydrazine groups is 1. The van der Waals surface area contributed by atoms with E-state index in [1.165, 1.54) is 5.56 Å². The lowest BCUT2D eigenvalue weighted by Crippen LogP contribution is -2.08. The van der Waals surface area contributed by atoms with Crippen molar-refractivity contribution in [2.75, 3.05) is 10.7 Å². The Bertz CT molecular complexity index is 425. The molecular weight excluding hydrogens is 200 g/mol. The van der Waals surface area contributed by atoms with Gasteiger partial charge in [-0.3, -0.25) is 0 Å². The van der Waals surface area contributed by atoms with Gasteiger partial charge in [0.2, 0.25) is 0 Å². The summed E-state index contributed by atoms with van der Waals surface area (Å²) >= 11 is 0. The Hall–Kier alpha value is -2.07. The van der Waals surface area contributed by atoms with Gasteiger partial charge in [0.1, 0.15) is 5.82 Å². The van der Waals surface area contributed by atoms with Crippen LogP contribution in [0.4, 0.5) is 11.5 Å². The van der Waals surface area contributed by atoms with Crippen molar-refractivity contribution in [1.29, 1.82) is 0 Å². The Morgan fingerprint density at radius 1 is 1.06 bits per heavy atom. The molecule has 4 nitrogen and oxygen atoms in total. The Kier molecular flexibility index (Phi) is 3.35. The maximum atomic E-state index is 5.23. The third-order valence-electron chi connectivity index (χ3n) is 2.25. The van der Waals surface area contributed by atoms with Crippen molar-refractivity contribution in [2.45, 2.75) is 6.54 Å². The first-order valence-corrected chi connectivity index (χ1v) is 5.09. The molecule has 0 fully saturated rings. The largest absolute Gasteiger partial charge is 0.380 e. The number of nitrogens with one attached hydrogen (secondary N) is 2. The van der Waals surface area contributed by atoms with Crippen molar-refractivity contribution in [3.05, 3.63) is 54.2 Å². The monoisotopic (exact) mass is 214 g/mol. The zero-order valence-corrected chi connectivity index (χ0v) is 8.85. The number of nitrogens with two attached hydrogens (primary N) is 1. The van der Waals surface area contributed by atoms with E-state index in [-0.39, 0.29) is 0 Å². The average molecular weight is 214 g/mol. The van der Waals surface area contributed by atoms with Gasteiger partial charge in [-0.1, -0.05) is 30.3 Å². The molecule has 0 spiro atoms. The predicted octanol–water partition coefficient (Wildman–Crippen LogP) is 1.98. The standard InChI is InChI=1S/C12H14N4/c13-16-12-7-6-11(9-15-12)14-8-10-4-2-1-3-5-10/h1-7,9,14H,8,13H2,(H,15,16). The summed E-state index contributed by atoms with van der Waals surface area (Å²) in [7, 11) is 0. The second-order valence-electron chi connectivity index (χ2n) is 3.42. The van der Waals surface area contributed by atoms with Gasteiger partial charge in [0.05, 0.1) is 11.9 Å². The number of aromatic nitrogens is 1. The first kappa shape index (κ1) is 10.4. The van der Waals surface area contributed by atoms with E-state index in [1.54, 1.807) is 6.20 Å². The fourth-order valence-corrected chi connectivity index (χ4v) is 1.38. The Labute approximate surface area is 94.5 Å². The zero-order valence-electron chi connectivity index (χ0n) is 8.85. The van der Waals surface area contributed by atoms with Gasteiger partial charge in [-0.2, -0.15) is 0 Å². The predicted molar refractivity (Wildman–Crippen MR) is 65.8 cm³/mol. The third kappa shape index (κ3) is 2.71. The molecule has 4 N–H and O–H groups in total. The average Bonchev–Trinajstić information content (AvgIpc) is 2.38. The van der Waals surface area contributed by atoms with E-state index in [9.17, 15) is 0 Å². The molecule has 4 heteroatoms. The van der Waals surface area contributed by atoms with Gasteiger partial charge in [0, 0.05) is 6.54 Å². The van der Waals surface area contributed by atoms with E-state index in [1.807, 2.05) is 30.3 Å². The zero-order chi connectivity index (χ0) is 11.2. The van der Waals surface area contributed by atoms with Crippen LogP contribution in [-0.2, 0) is 6.54 Å². The maximum absolute atomic E-state index is 5.23. The molecule has 16 heavy (non-hydrogen) atoms. The van der Waals surface area contributed by atoms with Gasteiger partial charge in [-0.25, -0.2) is 10.8 Å². The number of nitrogen functional groups attached to an aromatic ring is 1. The minimum atomic E-state index is 0.658. The van der Waals surface area contributed by atoms with Crippen molar-refractivity contribution in [2.24, 2.45) is 5.84 Å². The van der Waals surface area contributed by atoms with Crippen LogP contribution in [0.5, 0.6) is 0 Å². The molecule has 1 aromatic heterocycles. The van der Waals surface area contributed by atoms with Crippen LogP contribution in [0.15, 0.2) is 48.7 Å². The summed E-state index contributed by atoms with van der Waals surface area (Å²) in [4.78, 5) is 4.11. The van der Waals surface area contributed by atoms with Crippen LogP contribution in [0.1, 0.15) is 5.56 Å². The second kappa shape index (κ2) is 5.14. The number of pyridine rings is 1. The summed E-state index contributed by atoms with van der Waals surface area (Å²) in [5.74, 6) is 5.89. The highest BCUT2D eigenvalue weighted by Crippen LogP contribution is 2.10. The minimum Gasteiger partial charge on any atom is -0.380 e. The van der Waals surface area contributed by atoms with Crippen molar-refractivity contribution < 1.29 is 0 Å². The van der Waals surface area contributed by atoms with E-state index in [2.05, 4.69) is 27.9 Å². The Balaban J connectivity index is 1.94. The molecule has 0 saturated carbocycles. The fraction of sp³-hybridized carbons (Fsp3) is 0.0833. The molecule has 0 amide bonds. The lowest BCUT2D eigenvalue weighted by Gasteiger charge is -2.06. The van der Waals surface area contributed by atoms with Crippen molar-refractivity contribution >= 4 is 11.5 Å². The van der Waals surface area contributed by atoms with Crippen molar-refractivity contribution in [1.82, 2.24) is 4.98 Å². The number of hydrogen-bond donors (Lipinski definition) is 3. The van der Waals surface area contributed by atoms with Crippen molar-refractivity contribution in [3.8, 4) is 0 Å². The normalized spacial score (nSPS) is 9.81. The molecule has 0 aliphatic heterocycles. The van der Waals surface area contributed by atoms with Crippen LogP contribution >= 0.6 is 0 Å². The number of rotatable bonds is 4. The van der Waals surface area contributed by atoms with E-state index < -0.39 is 0 Å². The first-order valence-electron chi connectivity index (χ1n) is 5.09. The molecule has 82 valence electrons. The molecule has 0 saturated heterocycles. The van der Waals surface area contributed by atoms with Gasteiger partial charge < -0.3 is 10.7 Å². The van der Waals surface area contributed by atoms with Crippen LogP contribution in [0, 0.1) is 0 Å². The second-order valence-corrected chi connectivity index (χ2v) is 3.42. The smallest absolute Gasteiger partial charge is 0.140 e. The van der Waals surface area contributed by atoms with Crippen LogP contribution in [-0.4, -0.2) is 4.98 Å². The highest BCUT2D eigenvalue weighted by atomic mass is 15.2. The topological polar surface area (TPSA) is 63.0 Å². The molecule has 2 rings (SSSR count). The number of anilines is 2. The van der Waals surface area contributed by atoms with E-state index >= 15 is 0 Å². The number of benzene rings is 1. The molecule has 1 heterocycles. The highest BCUT2D eigenvalue weighted by Gasteiger charge is 1.94. The molecule has 0 aliphatic rings. The molecule has 0 aliphatic carbocycles. The van der Waals surface area contributed by atoms with E-state index in [0.29, 0.717) is 5.82 Å². The van der Waals surface area contributed by atoms with Crippen LogP contribution in [0.25, 0.3) is 0 Å². The molecule has 2 aromatic rings. The van der Waals surface area contributed by atoms with Gasteiger partial charge in [-0.05, 0) is 17.7 Å². The van der Waals surface area contributed by atoms with Crippen LogP contribution in [0.3, 0.4) is 0 Å². The summed E-state index contributed by atoms with van der Waals surface area (Å²) in [6.07, 6.45) is 1.75. The van der Waals surface area contributed by atoms with Crippen molar-refractivity contribution in [3.63, 3.8) is 0 Å². The lowest BCUT2D eigenvalue weighted by molar-refractivity contribution is 1.13. The maximum Gasteiger partial charge on any atom is 0.140 e. The molecular formula is C12H14N4. The van der Waals surface area contributed by atoms with Gasteiger partial charge in [0.25, 0.3) is 0 Å². The Morgan fingerprint density at radius 3 is 2.50 bits per heavy atom. The van der Waals surface area contributed by atoms with Crippen LogP contribution in [0.2, 0.25) is 0 Å². The fourth-order valence-electron chi connectivity index (χ4n) is 1.38. The number of hydrogen-bond acceptors (Lipinski definition) is 4. The van der Waals surface area contributed by atoms with E-state index in [0.717, 1.165) is 12.2 Å². The quantitative estimate of drug-likeness (QED) is 0.538. The minimum absolute atomic E-state index is 0.658. The highest BCUT2D eigenvalue weighted by molar-refractivity contribution is 5.47. The SMILES string of the molecule is NNc1ccc(NCc2ccccc2)cn1.